The van der Waals surface area contributed by atoms with E-state index in [1.165, 1.54) is 12.1 Å². The first-order valence-electron chi connectivity index (χ1n) is 7.95. The molecule has 0 bridgehead atoms. The van der Waals surface area contributed by atoms with Crippen LogP contribution in [0.1, 0.15) is 26.7 Å². The molecule has 5 nitrogen and oxygen atoms in total. The minimum atomic E-state index is -3.67. The number of pyridine rings is 1. The number of aromatic nitrogens is 1. The molecule has 0 amide bonds. The Labute approximate surface area is 148 Å². The maximum Gasteiger partial charge on any atom is 0.263 e. The third-order valence-corrected chi connectivity index (χ3v) is 5.09. The van der Waals surface area contributed by atoms with Gasteiger partial charge in [-0.2, -0.15) is 0 Å². The van der Waals surface area contributed by atoms with Crippen molar-refractivity contribution in [3.63, 3.8) is 0 Å². The van der Waals surface area contributed by atoms with Gasteiger partial charge in [-0.25, -0.2) is 13.4 Å². The van der Waals surface area contributed by atoms with E-state index in [0.717, 1.165) is 31.6 Å². The Morgan fingerprint density at radius 2 is 1.67 bits per heavy atom. The van der Waals surface area contributed by atoms with Crippen LogP contribution < -0.4 is 9.62 Å². The molecule has 0 radical (unpaired) electrons. The summed E-state index contributed by atoms with van der Waals surface area (Å²) in [6, 6.07) is 9.58. The highest BCUT2D eigenvalue weighted by molar-refractivity contribution is 7.92. The summed E-state index contributed by atoms with van der Waals surface area (Å²) in [5, 5.41) is 0.489. The van der Waals surface area contributed by atoms with Crippen LogP contribution in [0.3, 0.4) is 0 Å². The maximum absolute atomic E-state index is 12.3. The van der Waals surface area contributed by atoms with Gasteiger partial charge in [-0.05, 0) is 49.2 Å². The summed E-state index contributed by atoms with van der Waals surface area (Å²) in [5.74, 6) is 0.293. The fraction of sp³-hybridized carbons (Fsp3) is 0.353. The van der Waals surface area contributed by atoms with E-state index in [2.05, 4.69) is 28.5 Å². The lowest BCUT2D eigenvalue weighted by atomic mass is 10.3. The number of sulfonamides is 1. The standard InChI is InChI=1S/C17H22ClN3O2S/c1-3-11-21(12-4-2)15-7-10-17(19-13-15)20-24(22,23)16-8-5-14(18)6-9-16/h5-10,13H,3-4,11-12H2,1-2H3,(H,19,20). The van der Waals surface area contributed by atoms with Gasteiger partial charge < -0.3 is 4.90 Å². The van der Waals surface area contributed by atoms with Crippen LogP contribution in [0.25, 0.3) is 0 Å². The van der Waals surface area contributed by atoms with Gasteiger partial charge in [0.2, 0.25) is 0 Å². The second kappa shape index (κ2) is 8.35. The predicted octanol–water partition coefficient (Wildman–Crippen LogP) is 4.16. The van der Waals surface area contributed by atoms with E-state index >= 15 is 0 Å². The fourth-order valence-electron chi connectivity index (χ4n) is 2.35. The fourth-order valence-corrected chi connectivity index (χ4v) is 3.49. The predicted molar refractivity (Wildman–Crippen MR) is 99.3 cm³/mol. The Hall–Kier alpha value is -1.79. The number of nitrogens with zero attached hydrogens (tertiary/aromatic N) is 2. The van der Waals surface area contributed by atoms with Crippen LogP contribution in [0.2, 0.25) is 5.02 Å². The van der Waals surface area contributed by atoms with Crippen molar-refractivity contribution in [3.05, 3.63) is 47.6 Å². The van der Waals surface area contributed by atoms with Crippen molar-refractivity contribution < 1.29 is 8.42 Å². The van der Waals surface area contributed by atoms with E-state index in [0.29, 0.717) is 10.8 Å². The van der Waals surface area contributed by atoms with Crippen molar-refractivity contribution in [1.29, 1.82) is 0 Å². The molecule has 1 aromatic carbocycles. The summed E-state index contributed by atoms with van der Waals surface area (Å²) in [4.78, 5) is 6.62. The maximum atomic E-state index is 12.3. The molecule has 0 aliphatic heterocycles. The molecule has 0 aliphatic rings. The Balaban J connectivity index is 2.14. The summed E-state index contributed by atoms with van der Waals surface area (Å²) in [6.45, 7) is 6.16. The first kappa shape index (κ1) is 18.5. The highest BCUT2D eigenvalue weighted by Gasteiger charge is 2.15. The summed E-state index contributed by atoms with van der Waals surface area (Å²) in [6.07, 6.45) is 3.79. The molecule has 0 saturated heterocycles. The van der Waals surface area contributed by atoms with Crippen molar-refractivity contribution in [2.75, 3.05) is 22.7 Å². The van der Waals surface area contributed by atoms with Gasteiger partial charge in [0.05, 0.1) is 16.8 Å². The van der Waals surface area contributed by atoms with Gasteiger partial charge in [0, 0.05) is 18.1 Å². The quantitative estimate of drug-likeness (QED) is 0.760. The van der Waals surface area contributed by atoms with Crippen LogP contribution in [0.15, 0.2) is 47.5 Å². The second-order valence-corrected chi connectivity index (χ2v) is 7.57. The normalized spacial score (nSPS) is 11.3. The topological polar surface area (TPSA) is 62.3 Å². The highest BCUT2D eigenvalue weighted by Crippen LogP contribution is 2.20. The summed E-state index contributed by atoms with van der Waals surface area (Å²) in [7, 11) is -3.67. The van der Waals surface area contributed by atoms with Crippen LogP contribution in [0.5, 0.6) is 0 Å². The van der Waals surface area contributed by atoms with E-state index in [1.54, 1.807) is 24.4 Å². The summed E-state index contributed by atoms with van der Waals surface area (Å²) >= 11 is 5.79. The molecule has 0 unspecified atom stereocenters. The van der Waals surface area contributed by atoms with Crippen LogP contribution in [-0.4, -0.2) is 26.5 Å². The number of nitrogens with one attached hydrogen (secondary N) is 1. The van der Waals surface area contributed by atoms with Gasteiger partial charge in [0.25, 0.3) is 10.0 Å². The van der Waals surface area contributed by atoms with Crippen molar-refractivity contribution in [2.24, 2.45) is 0 Å². The van der Waals surface area contributed by atoms with Gasteiger partial charge in [0.15, 0.2) is 0 Å². The number of anilines is 2. The lowest BCUT2D eigenvalue weighted by molar-refractivity contribution is 0.601. The Morgan fingerprint density at radius 1 is 1.04 bits per heavy atom. The van der Waals surface area contributed by atoms with Crippen LogP contribution in [0, 0.1) is 0 Å². The molecule has 7 heteroatoms. The molecular formula is C17H22ClN3O2S. The Morgan fingerprint density at radius 3 is 2.17 bits per heavy atom. The van der Waals surface area contributed by atoms with Crippen molar-refractivity contribution in [3.8, 4) is 0 Å². The molecule has 1 heterocycles. The van der Waals surface area contributed by atoms with Crippen LogP contribution in [-0.2, 0) is 10.0 Å². The molecule has 0 spiro atoms. The molecule has 130 valence electrons. The van der Waals surface area contributed by atoms with Crippen molar-refractivity contribution in [2.45, 2.75) is 31.6 Å². The molecule has 2 rings (SSSR count). The van der Waals surface area contributed by atoms with Crippen LogP contribution >= 0.6 is 11.6 Å². The lowest BCUT2D eigenvalue weighted by Gasteiger charge is -2.23. The van der Waals surface area contributed by atoms with E-state index in [1.807, 2.05) is 6.07 Å². The van der Waals surface area contributed by atoms with Crippen LogP contribution in [0.4, 0.5) is 11.5 Å². The van der Waals surface area contributed by atoms with E-state index < -0.39 is 10.0 Å². The van der Waals surface area contributed by atoms with Gasteiger partial charge in [0.1, 0.15) is 5.82 Å². The Bertz CT molecular complexity index is 740. The molecule has 1 aromatic heterocycles. The zero-order chi connectivity index (χ0) is 17.6. The molecule has 0 aliphatic carbocycles. The van der Waals surface area contributed by atoms with Gasteiger partial charge in [-0.1, -0.05) is 25.4 Å². The zero-order valence-electron chi connectivity index (χ0n) is 13.9. The summed E-state index contributed by atoms with van der Waals surface area (Å²) in [5.41, 5.74) is 0.994. The van der Waals surface area contributed by atoms with E-state index in [9.17, 15) is 8.42 Å². The summed E-state index contributed by atoms with van der Waals surface area (Å²) < 4.78 is 27.1. The lowest BCUT2D eigenvalue weighted by Crippen LogP contribution is -2.25. The van der Waals surface area contributed by atoms with Gasteiger partial charge >= 0.3 is 0 Å². The molecule has 0 atom stereocenters. The molecular weight excluding hydrogens is 346 g/mol. The third kappa shape index (κ3) is 4.85. The number of hydrogen-bond acceptors (Lipinski definition) is 4. The average Bonchev–Trinajstić information content (AvgIpc) is 2.55. The van der Waals surface area contributed by atoms with Crippen molar-refractivity contribution >= 4 is 33.1 Å². The number of hydrogen-bond donors (Lipinski definition) is 1. The van der Waals surface area contributed by atoms with Gasteiger partial charge in [-0.15, -0.1) is 0 Å². The first-order chi connectivity index (χ1) is 11.5. The molecule has 1 N–H and O–H groups in total. The largest absolute Gasteiger partial charge is 0.370 e. The van der Waals surface area contributed by atoms with E-state index in [4.69, 9.17) is 11.6 Å². The SMILES string of the molecule is CCCN(CCC)c1ccc(NS(=O)(=O)c2ccc(Cl)cc2)nc1. The Kier molecular flexibility index (Phi) is 6.45. The smallest absolute Gasteiger partial charge is 0.263 e. The number of halogens is 1. The average molecular weight is 368 g/mol. The second-order valence-electron chi connectivity index (χ2n) is 5.45. The van der Waals surface area contributed by atoms with Gasteiger partial charge in [-0.3, -0.25) is 4.72 Å². The number of benzene rings is 1. The van der Waals surface area contributed by atoms with E-state index in [-0.39, 0.29) is 4.90 Å². The third-order valence-electron chi connectivity index (χ3n) is 3.46. The molecule has 0 fully saturated rings. The monoisotopic (exact) mass is 367 g/mol. The molecule has 24 heavy (non-hydrogen) atoms. The minimum absolute atomic E-state index is 0.149. The highest BCUT2D eigenvalue weighted by atomic mass is 35.5. The van der Waals surface area contributed by atoms with Crippen molar-refractivity contribution in [1.82, 2.24) is 4.98 Å². The zero-order valence-corrected chi connectivity index (χ0v) is 15.4. The molecule has 0 saturated carbocycles. The molecule has 2 aromatic rings. The number of rotatable bonds is 8. The first-order valence-corrected chi connectivity index (χ1v) is 9.81. The minimum Gasteiger partial charge on any atom is -0.370 e.